The number of carbonyl (C=O) groups is 1. The van der Waals surface area contributed by atoms with E-state index >= 15 is 0 Å². The predicted molar refractivity (Wildman–Crippen MR) is 122 cm³/mol. The average molecular weight is 422 g/mol. The van der Waals surface area contributed by atoms with Gasteiger partial charge in [-0.05, 0) is 78.7 Å². The molecule has 4 heteroatoms. The largest absolute Gasteiger partial charge is 0.392 e. The normalized spacial score (nSPS) is 35.6. The van der Waals surface area contributed by atoms with Gasteiger partial charge in [0.15, 0.2) is 0 Å². The standard InChI is InChI=1S/C27H32FNO2/c1-18-7-12-24-26(2,14-13-25(31)27(24,3)17-30)23(18)11-10-22-9-8-20(16-29-22)19-5-4-6-21(28)15-19/h4-6,8-11,15-18,23-25,31H,7,12-14H2,1-3H3/b11-10+/t18-,23+,24-,25+,26-,27-/m0/s1. The first-order chi connectivity index (χ1) is 14.8. The van der Waals surface area contributed by atoms with E-state index in [-0.39, 0.29) is 17.2 Å². The number of hydrogen-bond donors (Lipinski definition) is 1. The summed E-state index contributed by atoms with van der Waals surface area (Å²) in [7, 11) is 0. The Balaban J connectivity index is 1.58. The molecule has 0 amide bonds. The van der Waals surface area contributed by atoms with Gasteiger partial charge in [0.1, 0.15) is 12.1 Å². The molecule has 0 bridgehead atoms. The van der Waals surface area contributed by atoms with Crippen LogP contribution in [0, 0.1) is 34.4 Å². The van der Waals surface area contributed by atoms with E-state index in [1.807, 2.05) is 25.1 Å². The Kier molecular flexibility index (Phi) is 5.87. The summed E-state index contributed by atoms with van der Waals surface area (Å²) in [6, 6.07) is 10.5. The minimum Gasteiger partial charge on any atom is -0.392 e. The Labute approximate surface area is 184 Å². The number of halogens is 1. The van der Waals surface area contributed by atoms with Gasteiger partial charge in [-0.15, -0.1) is 0 Å². The Morgan fingerprint density at radius 2 is 1.94 bits per heavy atom. The second-order valence-electron chi connectivity index (χ2n) is 10.0. The van der Waals surface area contributed by atoms with Crippen LogP contribution in [-0.4, -0.2) is 22.5 Å². The zero-order valence-electron chi connectivity index (χ0n) is 18.6. The number of aromatic nitrogens is 1. The number of rotatable bonds is 4. The lowest BCUT2D eigenvalue weighted by molar-refractivity contribution is -0.158. The highest BCUT2D eigenvalue weighted by Crippen LogP contribution is 2.61. The van der Waals surface area contributed by atoms with Gasteiger partial charge in [-0.25, -0.2) is 4.39 Å². The van der Waals surface area contributed by atoms with Crippen molar-refractivity contribution in [2.75, 3.05) is 0 Å². The highest BCUT2D eigenvalue weighted by molar-refractivity contribution is 5.64. The molecule has 0 aliphatic heterocycles. The minimum absolute atomic E-state index is 0.0233. The molecule has 4 rings (SSSR count). The molecule has 2 aliphatic carbocycles. The maximum Gasteiger partial charge on any atom is 0.128 e. The molecule has 0 unspecified atom stereocenters. The summed E-state index contributed by atoms with van der Waals surface area (Å²) in [6.45, 7) is 6.53. The van der Waals surface area contributed by atoms with Gasteiger partial charge in [-0.2, -0.15) is 0 Å². The van der Waals surface area contributed by atoms with Crippen LogP contribution in [0.5, 0.6) is 0 Å². The third-order valence-electron chi connectivity index (χ3n) is 8.18. The molecular formula is C27H32FNO2. The third kappa shape index (κ3) is 3.87. The molecule has 1 aromatic carbocycles. The maximum atomic E-state index is 13.5. The van der Waals surface area contributed by atoms with Crippen molar-refractivity contribution in [2.24, 2.45) is 28.6 Å². The predicted octanol–water partition coefficient (Wildman–Crippen LogP) is 5.93. The molecule has 2 saturated carbocycles. The Morgan fingerprint density at radius 3 is 2.61 bits per heavy atom. The van der Waals surface area contributed by atoms with Gasteiger partial charge < -0.3 is 9.90 Å². The van der Waals surface area contributed by atoms with E-state index in [1.54, 1.807) is 12.3 Å². The molecule has 3 nitrogen and oxygen atoms in total. The van der Waals surface area contributed by atoms with E-state index in [1.165, 1.54) is 12.1 Å². The molecule has 164 valence electrons. The molecule has 2 aromatic rings. The van der Waals surface area contributed by atoms with Gasteiger partial charge in [0.25, 0.3) is 0 Å². The van der Waals surface area contributed by atoms with E-state index in [0.717, 1.165) is 42.4 Å². The molecule has 6 atom stereocenters. The smallest absolute Gasteiger partial charge is 0.128 e. The first-order valence-corrected chi connectivity index (χ1v) is 11.3. The number of carbonyl (C=O) groups excluding carboxylic acids is 1. The number of allylic oxidation sites excluding steroid dienone is 1. The molecule has 2 fully saturated rings. The molecule has 2 aliphatic rings. The van der Waals surface area contributed by atoms with Gasteiger partial charge in [0.2, 0.25) is 0 Å². The summed E-state index contributed by atoms with van der Waals surface area (Å²) in [4.78, 5) is 16.6. The molecule has 1 heterocycles. The Hall–Kier alpha value is -2.33. The number of aliphatic hydroxyl groups excluding tert-OH is 1. The van der Waals surface area contributed by atoms with E-state index in [2.05, 4.69) is 31.0 Å². The van der Waals surface area contributed by atoms with Crippen LogP contribution in [0.3, 0.4) is 0 Å². The van der Waals surface area contributed by atoms with Gasteiger partial charge in [-0.3, -0.25) is 4.98 Å². The second kappa shape index (κ2) is 8.31. The molecule has 0 spiro atoms. The summed E-state index contributed by atoms with van der Waals surface area (Å²) in [5.41, 5.74) is 1.87. The molecule has 1 aromatic heterocycles. The highest BCUT2D eigenvalue weighted by atomic mass is 19.1. The van der Waals surface area contributed by atoms with Crippen molar-refractivity contribution in [3.8, 4) is 11.1 Å². The monoisotopic (exact) mass is 421 g/mol. The number of fused-ring (bicyclic) bond motifs is 1. The number of aldehydes is 1. The molecule has 31 heavy (non-hydrogen) atoms. The lowest BCUT2D eigenvalue weighted by Gasteiger charge is -2.59. The van der Waals surface area contributed by atoms with Crippen molar-refractivity contribution in [1.29, 1.82) is 0 Å². The molecule has 0 radical (unpaired) electrons. The van der Waals surface area contributed by atoms with E-state index in [0.29, 0.717) is 18.3 Å². The van der Waals surface area contributed by atoms with Crippen LogP contribution in [0.15, 0.2) is 48.7 Å². The first kappa shape index (κ1) is 21.9. The third-order valence-corrected chi connectivity index (χ3v) is 8.18. The van der Waals surface area contributed by atoms with Crippen LogP contribution in [0.1, 0.15) is 52.1 Å². The molecule has 0 saturated heterocycles. The van der Waals surface area contributed by atoms with Gasteiger partial charge in [0.05, 0.1) is 17.2 Å². The zero-order chi connectivity index (χ0) is 22.2. The van der Waals surface area contributed by atoms with E-state index < -0.39 is 11.5 Å². The minimum atomic E-state index is -0.677. The number of aliphatic hydroxyl groups is 1. The van der Waals surface area contributed by atoms with Crippen molar-refractivity contribution in [3.63, 3.8) is 0 Å². The van der Waals surface area contributed by atoms with Crippen LogP contribution in [0.2, 0.25) is 0 Å². The first-order valence-electron chi connectivity index (χ1n) is 11.3. The summed E-state index contributed by atoms with van der Waals surface area (Å²) in [5.74, 6) is 0.754. The fourth-order valence-electron chi connectivity index (χ4n) is 6.29. The zero-order valence-corrected chi connectivity index (χ0v) is 18.6. The number of nitrogens with zero attached hydrogens (tertiary/aromatic N) is 1. The number of pyridine rings is 1. The van der Waals surface area contributed by atoms with Gasteiger partial charge in [-0.1, -0.05) is 45.0 Å². The number of benzene rings is 1. The Bertz CT molecular complexity index is 971. The van der Waals surface area contributed by atoms with Crippen LogP contribution in [0.25, 0.3) is 17.2 Å². The summed E-state index contributed by atoms with van der Waals surface area (Å²) >= 11 is 0. The maximum absolute atomic E-state index is 13.5. The lowest BCUT2D eigenvalue weighted by atomic mass is 9.46. The summed E-state index contributed by atoms with van der Waals surface area (Å²) < 4.78 is 13.5. The lowest BCUT2D eigenvalue weighted by Crippen LogP contribution is -2.57. The topological polar surface area (TPSA) is 50.2 Å². The quantitative estimate of drug-likeness (QED) is 0.623. The van der Waals surface area contributed by atoms with Crippen LogP contribution >= 0.6 is 0 Å². The molecular weight excluding hydrogens is 389 g/mol. The van der Waals surface area contributed by atoms with Crippen molar-refractivity contribution < 1.29 is 14.3 Å². The van der Waals surface area contributed by atoms with Crippen molar-refractivity contribution in [2.45, 2.75) is 52.6 Å². The van der Waals surface area contributed by atoms with Crippen LogP contribution in [0.4, 0.5) is 4.39 Å². The molecule has 1 N–H and O–H groups in total. The van der Waals surface area contributed by atoms with Crippen molar-refractivity contribution in [3.05, 3.63) is 60.2 Å². The highest BCUT2D eigenvalue weighted by Gasteiger charge is 2.57. The van der Waals surface area contributed by atoms with Gasteiger partial charge in [0, 0.05) is 11.8 Å². The SMILES string of the molecule is C[C@H]1CC[C@@H]2[C@](C)(C=O)[C@H](O)CC[C@@]2(C)[C@@H]1/C=C/c1ccc(-c2cccc(F)c2)cn1. The van der Waals surface area contributed by atoms with Crippen molar-refractivity contribution in [1.82, 2.24) is 4.98 Å². The van der Waals surface area contributed by atoms with Crippen molar-refractivity contribution >= 4 is 12.4 Å². The van der Waals surface area contributed by atoms with E-state index in [9.17, 15) is 14.3 Å². The Morgan fingerprint density at radius 1 is 1.13 bits per heavy atom. The van der Waals surface area contributed by atoms with Crippen LogP contribution in [-0.2, 0) is 4.79 Å². The fraction of sp³-hybridized carbons (Fsp3) is 0.481. The summed E-state index contributed by atoms with van der Waals surface area (Å²) in [6.07, 6.45) is 10.2. The second-order valence-corrected chi connectivity index (χ2v) is 10.0. The average Bonchev–Trinajstić information content (AvgIpc) is 2.76. The van der Waals surface area contributed by atoms with Crippen LogP contribution < -0.4 is 0 Å². The van der Waals surface area contributed by atoms with Gasteiger partial charge >= 0.3 is 0 Å². The fourth-order valence-corrected chi connectivity index (χ4v) is 6.29. The van der Waals surface area contributed by atoms with E-state index in [4.69, 9.17) is 0 Å². The summed E-state index contributed by atoms with van der Waals surface area (Å²) in [5, 5.41) is 10.6. The number of hydrogen-bond acceptors (Lipinski definition) is 3.